The number of barbiturate groups is 1. The average Bonchev–Trinajstić information content (AvgIpc) is 2.95. The number of nitrogens with one attached hydrogen (secondary N) is 2. The zero-order valence-corrected chi connectivity index (χ0v) is 22.0. The van der Waals surface area contributed by atoms with Gasteiger partial charge in [-0.25, -0.2) is 14.5 Å². The molecule has 0 saturated carbocycles. The highest BCUT2D eigenvalue weighted by atomic mass is 35.5. The summed E-state index contributed by atoms with van der Waals surface area (Å²) in [5.74, 6) is -2.25. The van der Waals surface area contributed by atoms with Crippen molar-refractivity contribution in [1.82, 2.24) is 5.32 Å². The summed E-state index contributed by atoms with van der Waals surface area (Å²) >= 11 is 5.85. The Kier molecular flexibility index (Phi) is 8.45. The van der Waals surface area contributed by atoms with Crippen molar-refractivity contribution in [2.45, 2.75) is 0 Å². The number of hydrogen-bond donors (Lipinski definition) is 2. The van der Waals surface area contributed by atoms with E-state index < -0.39 is 29.7 Å². The van der Waals surface area contributed by atoms with Gasteiger partial charge in [0.05, 0.1) is 25.5 Å². The fourth-order valence-corrected chi connectivity index (χ4v) is 3.82. The fraction of sp³-hybridized carbons (Fsp3) is 0.107. The summed E-state index contributed by atoms with van der Waals surface area (Å²) in [6, 6.07) is 15.8. The Morgan fingerprint density at radius 3 is 2.30 bits per heavy atom. The minimum absolute atomic E-state index is 0.145. The van der Waals surface area contributed by atoms with E-state index in [1.54, 1.807) is 30.3 Å². The van der Waals surface area contributed by atoms with E-state index in [0.29, 0.717) is 16.3 Å². The van der Waals surface area contributed by atoms with Gasteiger partial charge in [0.25, 0.3) is 17.7 Å². The summed E-state index contributed by atoms with van der Waals surface area (Å²) < 4.78 is 15.6. The van der Waals surface area contributed by atoms with Crippen LogP contribution in [-0.4, -0.2) is 50.5 Å². The summed E-state index contributed by atoms with van der Waals surface area (Å²) in [5, 5.41) is 5.34. The summed E-state index contributed by atoms with van der Waals surface area (Å²) in [6.07, 6.45) is 1.29. The van der Waals surface area contributed by atoms with E-state index in [-0.39, 0.29) is 34.9 Å². The number of imide groups is 2. The molecule has 1 aliphatic rings. The van der Waals surface area contributed by atoms with Gasteiger partial charge in [0, 0.05) is 10.7 Å². The van der Waals surface area contributed by atoms with Crippen molar-refractivity contribution < 1.29 is 38.2 Å². The second-order valence-electron chi connectivity index (χ2n) is 8.25. The van der Waals surface area contributed by atoms with Gasteiger partial charge in [0.15, 0.2) is 18.1 Å². The molecule has 204 valence electrons. The highest BCUT2D eigenvalue weighted by molar-refractivity contribution is 6.39. The lowest BCUT2D eigenvalue weighted by Gasteiger charge is -2.26. The van der Waals surface area contributed by atoms with Crippen LogP contribution in [0.2, 0.25) is 5.02 Å². The second kappa shape index (κ2) is 12.1. The molecule has 1 aliphatic heterocycles. The molecule has 5 amide bonds. The van der Waals surface area contributed by atoms with Gasteiger partial charge in [-0.1, -0.05) is 17.7 Å². The number of ether oxygens (including phenoxy) is 3. The molecule has 0 spiro atoms. The van der Waals surface area contributed by atoms with E-state index in [0.717, 1.165) is 4.90 Å². The maximum Gasteiger partial charge on any atom is 0.337 e. The molecule has 3 aromatic carbocycles. The molecule has 3 aromatic rings. The lowest BCUT2D eigenvalue weighted by Crippen LogP contribution is -2.54. The average molecular weight is 564 g/mol. The Labute approximate surface area is 233 Å². The molecule has 12 heteroatoms. The number of esters is 1. The number of urea groups is 1. The van der Waals surface area contributed by atoms with Crippen molar-refractivity contribution in [3.05, 3.63) is 88.5 Å². The molecule has 40 heavy (non-hydrogen) atoms. The van der Waals surface area contributed by atoms with E-state index in [4.69, 9.17) is 21.1 Å². The lowest BCUT2D eigenvalue weighted by molar-refractivity contribution is -0.122. The van der Waals surface area contributed by atoms with Gasteiger partial charge in [-0.15, -0.1) is 0 Å². The number of nitrogens with zero attached hydrogens (tertiary/aromatic N) is 1. The Hall–Kier alpha value is -5.16. The molecule has 1 heterocycles. The molecule has 0 aromatic heterocycles. The molecule has 0 atom stereocenters. The predicted molar refractivity (Wildman–Crippen MR) is 145 cm³/mol. The van der Waals surface area contributed by atoms with Gasteiger partial charge < -0.3 is 19.5 Å². The molecule has 1 fully saturated rings. The van der Waals surface area contributed by atoms with Gasteiger partial charge in [-0.05, 0) is 72.3 Å². The van der Waals surface area contributed by atoms with Crippen LogP contribution in [0.4, 0.5) is 16.2 Å². The number of hydrogen-bond acceptors (Lipinski definition) is 8. The fourth-order valence-electron chi connectivity index (χ4n) is 3.69. The zero-order valence-electron chi connectivity index (χ0n) is 21.2. The van der Waals surface area contributed by atoms with Crippen LogP contribution in [0.5, 0.6) is 11.5 Å². The van der Waals surface area contributed by atoms with Gasteiger partial charge in [0.2, 0.25) is 0 Å². The third-order valence-corrected chi connectivity index (χ3v) is 5.89. The topological polar surface area (TPSA) is 140 Å². The van der Waals surface area contributed by atoms with Crippen LogP contribution < -0.4 is 25.0 Å². The minimum atomic E-state index is -0.934. The van der Waals surface area contributed by atoms with Gasteiger partial charge >= 0.3 is 12.0 Å². The zero-order chi connectivity index (χ0) is 28.8. The first-order chi connectivity index (χ1) is 19.2. The maximum atomic E-state index is 13.2. The van der Waals surface area contributed by atoms with E-state index >= 15 is 0 Å². The minimum Gasteiger partial charge on any atom is -0.493 e. The molecule has 2 N–H and O–H groups in total. The number of carbonyl (C=O) groups excluding carboxylic acids is 5. The van der Waals surface area contributed by atoms with Gasteiger partial charge in [0.1, 0.15) is 5.57 Å². The first kappa shape index (κ1) is 27.9. The van der Waals surface area contributed by atoms with Crippen molar-refractivity contribution in [3.8, 4) is 11.5 Å². The first-order valence-electron chi connectivity index (χ1n) is 11.7. The number of rotatable bonds is 8. The maximum absolute atomic E-state index is 13.2. The molecule has 0 bridgehead atoms. The van der Waals surface area contributed by atoms with Crippen molar-refractivity contribution in [1.29, 1.82) is 0 Å². The molecule has 1 saturated heterocycles. The summed E-state index contributed by atoms with van der Waals surface area (Å²) in [4.78, 5) is 62.9. The lowest BCUT2D eigenvalue weighted by atomic mass is 10.1. The summed E-state index contributed by atoms with van der Waals surface area (Å²) in [6.45, 7) is -0.313. The molecular formula is C28H22ClN3O8. The van der Waals surface area contributed by atoms with Crippen LogP contribution in [0.3, 0.4) is 0 Å². The SMILES string of the molecule is COC(=O)c1ccc(N2C(=O)NC(=O)/C(=C\c3ccc(OCC(=O)Nc4ccc(Cl)cc4)c(OC)c3)C2=O)cc1. The van der Waals surface area contributed by atoms with Crippen LogP contribution in [0, 0.1) is 0 Å². The number of benzene rings is 3. The Bertz CT molecular complexity index is 1520. The number of carbonyl (C=O) groups is 5. The van der Waals surface area contributed by atoms with E-state index in [2.05, 4.69) is 15.4 Å². The van der Waals surface area contributed by atoms with Crippen molar-refractivity contribution in [2.24, 2.45) is 0 Å². The number of amides is 5. The summed E-state index contributed by atoms with van der Waals surface area (Å²) in [7, 11) is 2.62. The monoisotopic (exact) mass is 563 g/mol. The first-order valence-corrected chi connectivity index (χ1v) is 12.0. The Morgan fingerprint density at radius 1 is 0.950 bits per heavy atom. The van der Waals surface area contributed by atoms with Gasteiger partial charge in [-0.2, -0.15) is 0 Å². The molecular weight excluding hydrogens is 542 g/mol. The molecule has 4 rings (SSSR count). The number of halogens is 1. The van der Waals surface area contributed by atoms with Crippen LogP contribution in [0.25, 0.3) is 6.08 Å². The normalized spacial score (nSPS) is 14.0. The second-order valence-corrected chi connectivity index (χ2v) is 8.69. The Balaban J connectivity index is 1.50. The van der Waals surface area contributed by atoms with E-state index in [1.165, 1.54) is 56.7 Å². The van der Waals surface area contributed by atoms with Crippen LogP contribution in [0.15, 0.2) is 72.3 Å². The molecule has 0 aliphatic carbocycles. The third-order valence-electron chi connectivity index (χ3n) is 5.63. The third kappa shape index (κ3) is 6.27. The highest BCUT2D eigenvalue weighted by Gasteiger charge is 2.37. The van der Waals surface area contributed by atoms with Crippen LogP contribution in [0.1, 0.15) is 15.9 Å². The van der Waals surface area contributed by atoms with Crippen molar-refractivity contribution >= 4 is 58.8 Å². The standard InChI is InChI=1S/C28H22ClN3O8/c1-38-23-14-16(3-12-22(23)40-15-24(33)30-19-8-6-18(29)7-9-19)13-21-25(34)31-28(37)32(26(21)35)20-10-4-17(5-11-20)27(36)39-2/h3-14H,15H2,1-2H3,(H,30,33)(H,31,34,37)/b21-13+. The van der Waals surface area contributed by atoms with Crippen molar-refractivity contribution in [2.75, 3.05) is 31.0 Å². The number of methoxy groups -OCH3 is 2. The predicted octanol–water partition coefficient (Wildman–Crippen LogP) is 3.82. The number of anilines is 2. The largest absolute Gasteiger partial charge is 0.493 e. The van der Waals surface area contributed by atoms with Crippen LogP contribution in [-0.2, 0) is 19.1 Å². The quantitative estimate of drug-likeness (QED) is 0.239. The van der Waals surface area contributed by atoms with Gasteiger partial charge in [-0.3, -0.25) is 19.7 Å². The summed E-state index contributed by atoms with van der Waals surface area (Å²) in [5.41, 5.74) is 0.999. The van der Waals surface area contributed by atoms with E-state index in [9.17, 15) is 24.0 Å². The van der Waals surface area contributed by atoms with E-state index in [1.807, 2.05) is 0 Å². The smallest absolute Gasteiger partial charge is 0.337 e. The van der Waals surface area contributed by atoms with Crippen molar-refractivity contribution in [3.63, 3.8) is 0 Å². The molecule has 0 radical (unpaired) electrons. The Morgan fingerprint density at radius 2 is 1.65 bits per heavy atom. The molecule has 11 nitrogen and oxygen atoms in total. The highest BCUT2D eigenvalue weighted by Crippen LogP contribution is 2.30. The molecule has 0 unspecified atom stereocenters. The van der Waals surface area contributed by atoms with Crippen LogP contribution >= 0.6 is 11.6 Å².